The number of hydrogen-bond acceptors (Lipinski definition) is 5. The zero-order valence-corrected chi connectivity index (χ0v) is 16.4. The molecule has 0 radical (unpaired) electrons. The monoisotopic (exact) mass is 419 g/mol. The van der Waals surface area contributed by atoms with Crippen molar-refractivity contribution in [1.29, 1.82) is 0 Å². The molecule has 1 aliphatic heterocycles. The average Bonchev–Trinajstić information content (AvgIpc) is 3.33. The van der Waals surface area contributed by atoms with Crippen molar-refractivity contribution in [3.63, 3.8) is 0 Å². The molecule has 1 aromatic carbocycles. The number of benzene rings is 1. The molecule has 0 atom stereocenters. The minimum atomic E-state index is -2.69. The number of carbonyl (C=O) groups is 2. The number of imidazole rings is 1. The van der Waals surface area contributed by atoms with Crippen LogP contribution >= 0.6 is 11.3 Å². The van der Waals surface area contributed by atoms with Crippen LogP contribution in [-0.2, 0) is 4.79 Å². The van der Waals surface area contributed by atoms with Crippen molar-refractivity contribution >= 4 is 39.3 Å². The SMILES string of the molecule is Cc1csc(NC(=O)C2CCN(C(=O)c3ccc4nc(C(F)F)[nH]c4c3)CC2)n1. The summed E-state index contributed by atoms with van der Waals surface area (Å²) in [6.07, 6.45) is -1.58. The molecule has 0 spiro atoms. The number of likely N-dealkylation sites (tertiary alicyclic amines) is 1. The number of nitrogens with zero attached hydrogens (tertiary/aromatic N) is 3. The number of carbonyl (C=O) groups excluding carboxylic acids is 2. The molecule has 0 saturated carbocycles. The van der Waals surface area contributed by atoms with Crippen LogP contribution in [0.1, 0.15) is 41.1 Å². The molecule has 1 aliphatic rings. The van der Waals surface area contributed by atoms with Gasteiger partial charge in [0.1, 0.15) is 0 Å². The summed E-state index contributed by atoms with van der Waals surface area (Å²) in [6, 6.07) is 4.69. The van der Waals surface area contributed by atoms with Crippen LogP contribution in [0.2, 0.25) is 0 Å². The molecule has 0 bridgehead atoms. The summed E-state index contributed by atoms with van der Waals surface area (Å²) < 4.78 is 25.6. The fraction of sp³-hybridized carbons (Fsp3) is 0.368. The lowest BCUT2D eigenvalue weighted by atomic mass is 9.95. The van der Waals surface area contributed by atoms with Crippen LogP contribution in [0.25, 0.3) is 11.0 Å². The summed E-state index contributed by atoms with van der Waals surface area (Å²) >= 11 is 1.39. The van der Waals surface area contributed by atoms with Crippen molar-refractivity contribution in [3.8, 4) is 0 Å². The predicted octanol–water partition coefficient (Wildman–Crippen LogP) is 3.76. The number of fused-ring (bicyclic) bond motifs is 1. The number of rotatable bonds is 4. The molecule has 0 aliphatic carbocycles. The van der Waals surface area contributed by atoms with E-state index in [1.54, 1.807) is 23.1 Å². The minimum Gasteiger partial charge on any atom is -0.339 e. The van der Waals surface area contributed by atoms with Gasteiger partial charge in [0.2, 0.25) is 5.91 Å². The fourth-order valence-electron chi connectivity index (χ4n) is 3.41. The minimum absolute atomic E-state index is 0.0788. The number of H-pyrrole nitrogens is 1. The molecular weight excluding hydrogens is 400 g/mol. The summed E-state index contributed by atoms with van der Waals surface area (Å²) in [6.45, 7) is 2.78. The van der Waals surface area contributed by atoms with Crippen LogP contribution < -0.4 is 5.32 Å². The molecule has 1 saturated heterocycles. The Morgan fingerprint density at radius 3 is 2.69 bits per heavy atom. The molecule has 7 nitrogen and oxygen atoms in total. The number of halogens is 2. The molecule has 4 rings (SSSR count). The highest BCUT2D eigenvalue weighted by molar-refractivity contribution is 7.13. The maximum absolute atomic E-state index is 12.8. The van der Waals surface area contributed by atoms with Gasteiger partial charge in [0.25, 0.3) is 12.3 Å². The van der Waals surface area contributed by atoms with Crippen LogP contribution in [0.5, 0.6) is 0 Å². The third-order valence-corrected chi connectivity index (χ3v) is 5.83. The van der Waals surface area contributed by atoms with E-state index in [1.807, 2.05) is 12.3 Å². The maximum atomic E-state index is 12.8. The molecule has 10 heteroatoms. The first-order chi connectivity index (χ1) is 13.9. The van der Waals surface area contributed by atoms with Gasteiger partial charge in [-0.05, 0) is 38.0 Å². The standard InChI is InChI=1S/C19H19F2N5O2S/c1-10-9-29-19(22-10)25-17(27)11-4-6-26(7-5-11)18(28)12-2-3-13-14(8-12)24-16(23-13)15(20)21/h2-3,8-9,11,15H,4-7H2,1H3,(H,23,24)(H,22,25,27). The van der Waals surface area contributed by atoms with Crippen molar-refractivity contribution in [2.24, 2.45) is 5.92 Å². The summed E-state index contributed by atoms with van der Waals surface area (Å²) in [4.78, 5) is 37.5. The number of aryl methyl sites for hydroxylation is 1. The lowest BCUT2D eigenvalue weighted by molar-refractivity contribution is -0.121. The first-order valence-electron chi connectivity index (χ1n) is 9.21. The summed E-state index contributed by atoms with van der Waals surface area (Å²) in [5, 5.41) is 5.29. The van der Waals surface area contributed by atoms with Gasteiger partial charge in [-0.15, -0.1) is 11.3 Å². The van der Waals surface area contributed by atoms with Crippen molar-refractivity contribution < 1.29 is 18.4 Å². The van der Waals surface area contributed by atoms with Crippen LogP contribution in [0, 0.1) is 12.8 Å². The quantitative estimate of drug-likeness (QED) is 0.674. The van der Waals surface area contributed by atoms with Crippen LogP contribution in [0.15, 0.2) is 23.6 Å². The Bertz CT molecular complexity index is 1060. The van der Waals surface area contributed by atoms with E-state index < -0.39 is 12.2 Å². The number of anilines is 1. The maximum Gasteiger partial charge on any atom is 0.295 e. The topological polar surface area (TPSA) is 91.0 Å². The van der Waals surface area contributed by atoms with Crippen molar-refractivity contribution in [1.82, 2.24) is 19.9 Å². The zero-order chi connectivity index (χ0) is 20.5. The Morgan fingerprint density at radius 1 is 1.28 bits per heavy atom. The Balaban J connectivity index is 1.38. The van der Waals surface area contributed by atoms with E-state index in [2.05, 4.69) is 20.3 Å². The molecule has 152 valence electrons. The average molecular weight is 419 g/mol. The number of alkyl halides is 2. The van der Waals surface area contributed by atoms with E-state index in [0.717, 1.165) is 5.69 Å². The molecule has 29 heavy (non-hydrogen) atoms. The number of hydrogen-bond donors (Lipinski definition) is 2. The van der Waals surface area contributed by atoms with Gasteiger partial charge in [-0.25, -0.2) is 18.7 Å². The number of thiazole rings is 1. The third-order valence-electron chi connectivity index (χ3n) is 4.96. The lowest BCUT2D eigenvalue weighted by Crippen LogP contribution is -2.41. The highest BCUT2D eigenvalue weighted by Gasteiger charge is 2.28. The van der Waals surface area contributed by atoms with Crippen molar-refractivity contribution in [2.45, 2.75) is 26.2 Å². The van der Waals surface area contributed by atoms with E-state index >= 15 is 0 Å². The Labute approximate surface area is 169 Å². The molecular formula is C19H19F2N5O2S. The number of amides is 2. The molecule has 2 N–H and O–H groups in total. The van der Waals surface area contributed by atoms with Gasteiger partial charge < -0.3 is 15.2 Å². The van der Waals surface area contributed by atoms with Gasteiger partial charge in [0.15, 0.2) is 11.0 Å². The van der Waals surface area contributed by atoms with Gasteiger partial charge >= 0.3 is 0 Å². The van der Waals surface area contributed by atoms with E-state index in [9.17, 15) is 18.4 Å². The fourth-order valence-corrected chi connectivity index (χ4v) is 4.10. The number of aromatic nitrogens is 3. The molecule has 1 fully saturated rings. The van der Waals surface area contributed by atoms with Crippen molar-refractivity contribution in [3.05, 3.63) is 40.7 Å². The summed E-state index contributed by atoms with van der Waals surface area (Å²) in [7, 11) is 0. The third kappa shape index (κ3) is 4.12. The number of nitrogens with one attached hydrogen (secondary N) is 2. The number of piperidine rings is 1. The van der Waals surface area contributed by atoms with E-state index in [0.29, 0.717) is 47.7 Å². The molecule has 2 aromatic heterocycles. The van der Waals surface area contributed by atoms with Gasteiger partial charge in [0.05, 0.1) is 16.7 Å². The number of aromatic amines is 1. The Kier molecular flexibility index (Phi) is 5.27. The van der Waals surface area contributed by atoms with E-state index in [1.165, 1.54) is 11.3 Å². The van der Waals surface area contributed by atoms with Crippen LogP contribution in [0.3, 0.4) is 0 Å². The predicted molar refractivity (Wildman–Crippen MR) is 105 cm³/mol. The lowest BCUT2D eigenvalue weighted by Gasteiger charge is -2.31. The van der Waals surface area contributed by atoms with Gasteiger partial charge in [-0.1, -0.05) is 0 Å². The first-order valence-corrected chi connectivity index (χ1v) is 10.1. The van der Waals surface area contributed by atoms with E-state index in [-0.39, 0.29) is 17.7 Å². The second kappa shape index (κ2) is 7.86. The zero-order valence-electron chi connectivity index (χ0n) is 15.6. The highest BCUT2D eigenvalue weighted by atomic mass is 32.1. The van der Waals surface area contributed by atoms with Gasteiger partial charge in [-0.2, -0.15) is 0 Å². The molecule has 2 amide bonds. The Morgan fingerprint density at radius 2 is 2.03 bits per heavy atom. The summed E-state index contributed by atoms with van der Waals surface area (Å²) in [5.74, 6) is -0.849. The van der Waals surface area contributed by atoms with Crippen LogP contribution in [-0.4, -0.2) is 44.8 Å². The van der Waals surface area contributed by atoms with Crippen molar-refractivity contribution in [2.75, 3.05) is 18.4 Å². The summed E-state index contributed by atoms with van der Waals surface area (Å²) in [5.41, 5.74) is 2.06. The second-order valence-electron chi connectivity index (χ2n) is 7.00. The normalized spacial score (nSPS) is 15.2. The Hall–Kier alpha value is -2.88. The van der Waals surface area contributed by atoms with Crippen LogP contribution in [0.4, 0.5) is 13.9 Å². The highest BCUT2D eigenvalue weighted by Crippen LogP contribution is 2.24. The largest absolute Gasteiger partial charge is 0.339 e. The van der Waals surface area contributed by atoms with Gasteiger partial charge in [0, 0.05) is 30.0 Å². The molecule has 3 heterocycles. The molecule has 3 aromatic rings. The van der Waals surface area contributed by atoms with Gasteiger partial charge in [-0.3, -0.25) is 9.59 Å². The first kappa shape index (κ1) is 19.4. The second-order valence-corrected chi connectivity index (χ2v) is 7.86. The van der Waals surface area contributed by atoms with E-state index in [4.69, 9.17) is 0 Å². The molecule has 0 unspecified atom stereocenters. The smallest absolute Gasteiger partial charge is 0.295 e.